The van der Waals surface area contributed by atoms with Crippen LogP contribution in [0.1, 0.15) is 31.3 Å². The molecule has 0 aliphatic heterocycles. The SMILES string of the molecule is CCn1c(SCC(=O)Nc2ccc(C)c([N+](=O)[O-])c2)nnc1C(C)Oc1ccc(OC)cc1. The van der Waals surface area contributed by atoms with Gasteiger partial charge in [0.05, 0.1) is 17.8 Å². The number of hydrogen-bond acceptors (Lipinski definition) is 8. The van der Waals surface area contributed by atoms with Gasteiger partial charge in [0, 0.05) is 23.9 Å². The van der Waals surface area contributed by atoms with E-state index in [-0.39, 0.29) is 23.5 Å². The molecule has 0 bridgehead atoms. The minimum absolute atomic E-state index is 0.0401. The number of hydrogen-bond donors (Lipinski definition) is 1. The topological polar surface area (TPSA) is 121 Å². The summed E-state index contributed by atoms with van der Waals surface area (Å²) in [4.78, 5) is 23.0. The van der Waals surface area contributed by atoms with Crippen molar-refractivity contribution in [3.63, 3.8) is 0 Å². The maximum atomic E-state index is 12.4. The summed E-state index contributed by atoms with van der Waals surface area (Å²) in [5.74, 6) is 1.84. The predicted molar refractivity (Wildman–Crippen MR) is 125 cm³/mol. The largest absolute Gasteiger partial charge is 0.497 e. The molecule has 0 radical (unpaired) electrons. The van der Waals surface area contributed by atoms with Crippen molar-refractivity contribution in [2.75, 3.05) is 18.2 Å². The summed E-state index contributed by atoms with van der Waals surface area (Å²) >= 11 is 1.23. The van der Waals surface area contributed by atoms with Crippen molar-refractivity contribution in [1.29, 1.82) is 0 Å². The van der Waals surface area contributed by atoms with Gasteiger partial charge in [0.15, 0.2) is 17.1 Å². The number of benzene rings is 2. The molecular weight excluding hydrogens is 446 g/mol. The Bertz CT molecular complexity index is 1130. The van der Waals surface area contributed by atoms with Crippen LogP contribution in [0.3, 0.4) is 0 Å². The number of thioether (sulfide) groups is 1. The van der Waals surface area contributed by atoms with E-state index in [1.54, 1.807) is 26.2 Å². The van der Waals surface area contributed by atoms with Crippen molar-refractivity contribution in [3.8, 4) is 11.5 Å². The van der Waals surface area contributed by atoms with Gasteiger partial charge in [-0.05, 0) is 51.1 Å². The average molecular weight is 472 g/mol. The number of carbonyl (C=O) groups excluding carboxylic acids is 1. The predicted octanol–water partition coefficient (Wildman–Crippen LogP) is 4.39. The number of aromatic nitrogens is 3. The average Bonchev–Trinajstić information content (AvgIpc) is 3.22. The van der Waals surface area contributed by atoms with Crippen LogP contribution in [0.4, 0.5) is 11.4 Å². The maximum Gasteiger partial charge on any atom is 0.274 e. The Morgan fingerprint density at radius 3 is 2.55 bits per heavy atom. The highest BCUT2D eigenvalue weighted by Crippen LogP contribution is 2.26. The number of amides is 1. The summed E-state index contributed by atoms with van der Waals surface area (Å²) < 4.78 is 13.0. The van der Waals surface area contributed by atoms with Crippen molar-refractivity contribution in [3.05, 3.63) is 64.0 Å². The summed E-state index contributed by atoms with van der Waals surface area (Å²) in [5, 5.41) is 22.8. The highest BCUT2D eigenvalue weighted by atomic mass is 32.2. The van der Waals surface area contributed by atoms with Gasteiger partial charge in [-0.15, -0.1) is 10.2 Å². The number of nitrogens with zero attached hydrogens (tertiary/aromatic N) is 4. The van der Waals surface area contributed by atoms with Crippen LogP contribution in [0.25, 0.3) is 0 Å². The smallest absolute Gasteiger partial charge is 0.274 e. The lowest BCUT2D eigenvalue weighted by Gasteiger charge is -2.15. The molecule has 0 aliphatic rings. The van der Waals surface area contributed by atoms with Gasteiger partial charge in [-0.25, -0.2) is 0 Å². The Kier molecular flexibility index (Phi) is 7.88. The number of nitrogens with one attached hydrogen (secondary N) is 1. The van der Waals surface area contributed by atoms with Gasteiger partial charge < -0.3 is 19.4 Å². The number of methoxy groups -OCH3 is 1. The van der Waals surface area contributed by atoms with Crippen LogP contribution in [-0.4, -0.2) is 38.5 Å². The fourth-order valence-electron chi connectivity index (χ4n) is 3.13. The number of ether oxygens (including phenoxy) is 2. The molecule has 11 heteroatoms. The van der Waals surface area contributed by atoms with E-state index in [0.29, 0.717) is 34.5 Å². The second kappa shape index (κ2) is 10.8. The van der Waals surface area contributed by atoms with Gasteiger partial charge in [0.1, 0.15) is 11.5 Å². The fraction of sp³-hybridized carbons (Fsp3) is 0.318. The van der Waals surface area contributed by atoms with E-state index in [1.807, 2.05) is 42.7 Å². The normalized spacial score (nSPS) is 11.6. The van der Waals surface area contributed by atoms with Gasteiger partial charge in [-0.2, -0.15) is 0 Å². The van der Waals surface area contributed by atoms with Crippen molar-refractivity contribution in [2.24, 2.45) is 0 Å². The number of nitro benzene ring substituents is 1. The van der Waals surface area contributed by atoms with Crippen molar-refractivity contribution in [2.45, 2.75) is 38.6 Å². The van der Waals surface area contributed by atoms with Crippen LogP contribution >= 0.6 is 11.8 Å². The Labute approximate surface area is 195 Å². The van der Waals surface area contributed by atoms with E-state index in [0.717, 1.165) is 5.75 Å². The molecule has 1 unspecified atom stereocenters. The van der Waals surface area contributed by atoms with Gasteiger partial charge in [0.25, 0.3) is 5.69 Å². The second-order valence-electron chi connectivity index (χ2n) is 7.12. The molecule has 0 aliphatic carbocycles. The third kappa shape index (κ3) is 6.01. The van der Waals surface area contributed by atoms with Crippen molar-refractivity contribution < 1.29 is 19.2 Å². The van der Waals surface area contributed by atoms with Crippen LogP contribution in [0, 0.1) is 17.0 Å². The monoisotopic (exact) mass is 471 g/mol. The summed E-state index contributed by atoms with van der Waals surface area (Å²) in [6.45, 7) is 6.09. The van der Waals surface area contributed by atoms with Crippen LogP contribution in [-0.2, 0) is 11.3 Å². The summed E-state index contributed by atoms with van der Waals surface area (Å²) in [6.07, 6.45) is -0.359. The maximum absolute atomic E-state index is 12.4. The van der Waals surface area contributed by atoms with Crippen molar-refractivity contribution in [1.82, 2.24) is 14.8 Å². The molecule has 3 rings (SSSR count). The zero-order chi connectivity index (χ0) is 24.0. The first kappa shape index (κ1) is 24.1. The van der Waals surface area contributed by atoms with E-state index < -0.39 is 4.92 Å². The van der Waals surface area contributed by atoms with Gasteiger partial charge in [0.2, 0.25) is 5.91 Å². The Morgan fingerprint density at radius 1 is 1.21 bits per heavy atom. The summed E-state index contributed by atoms with van der Waals surface area (Å²) in [5.41, 5.74) is 0.862. The number of rotatable bonds is 10. The lowest BCUT2D eigenvalue weighted by atomic mass is 10.2. The van der Waals surface area contributed by atoms with E-state index in [1.165, 1.54) is 17.8 Å². The standard InChI is InChI=1S/C22H25N5O5S/c1-5-26-21(15(3)32-18-10-8-17(31-4)9-11-18)24-25-22(26)33-13-20(28)23-16-7-6-14(2)19(12-16)27(29)30/h6-12,15H,5,13H2,1-4H3,(H,23,28). The molecule has 1 heterocycles. The van der Waals surface area contributed by atoms with Gasteiger partial charge in [-0.3, -0.25) is 14.9 Å². The zero-order valence-electron chi connectivity index (χ0n) is 18.8. The summed E-state index contributed by atoms with van der Waals surface area (Å²) in [7, 11) is 1.60. The Balaban J connectivity index is 1.63. The molecule has 2 aromatic carbocycles. The molecule has 0 saturated heterocycles. The fourth-order valence-corrected chi connectivity index (χ4v) is 3.94. The van der Waals surface area contributed by atoms with E-state index in [2.05, 4.69) is 15.5 Å². The lowest BCUT2D eigenvalue weighted by molar-refractivity contribution is -0.385. The Hall–Kier alpha value is -3.60. The van der Waals surface area contributed by atoms with E-state index in [4.69, 9.17) is 9.47 Å². The first-order valence-corrected chi connectivity index (χ1v) is 11.2. The number of anilines is 1. The van der Waals surface area contributed by atoms with Gasteiger partial charge >= 0.3 is 0 Å². The Morgan fingerprint density at radius 2 is 1.91 bits per heavy atom. The number of nitro groups is 1. The molecule has 1 aromatic heterocycles. The molecule has 174 valence electrons. The highest BCUT2D eigenvalue weighted by Gasteiger charge is 2.20. The molecule has 0 spiro atoms. The quantitative estimate of drug-likeness (QED) is 0.262. The molecule has 33 heavy (non-hydrogen) atoms. The first-order chi connectivity index (χ1) is 15.8. The second-order valence-corrected chi connectivity index (χ2v) is 8.06. The first-order valence-electron chi connectivity index (χ1n) is 10.2. The van der Waals surface area contributed by atoms with Crippen LogP contribution < -0.4 is 14.8 Å². The molecular formula is C22H25N5O5S. The minimum Gasteiger partial charge on any atom is -0.497 e. The zero-order valence-corrected chi connectivity index (χ0v) is 19.6. The molecule has 1 atom stereocenters. The molecule has 0 saturated carbocycles. The molecule has 1 amide bonds. The van der Waals surface area contributed by atoms with Crippen molar-refractivity contribution >= 4 is 29.0 Å². The third-order valence-electron chi connectivity index (χ3n) is 4.82. The molecule has 10 nitrogen and oxygen atoms in total. The molecule has 1 N–H and O–H groups in total. The summed E-state index contributed by atoms with van der Waals surface area (Å²) in [6, 6.07) is 11.8. The van der Waals surface area contributed by atoms with Crippen LogP contribution in [0.5, 0.6) is 11.5 Å². The van der Waals surface area contributed by atoms with Crippen LogP contribution in [0.15, 0.2) is 47.6 Å². The van der Waals surface area contributed by atoms with E-state index >= 15 is 0 Å². The highest BCUT2D eigenvalue weighted by molar-refractivity contribution is 7.99. The molecule has 0 fully saturated rings. The number of carbonyl (C=O) groups is 1. The minimum atomic E-state index is -0.472. The van der Waals surface area contributed by atoms with Crippen LogP contribution in [0.2, 0.25) is 0 Å². The third-order valence-corrected chi connectivity index (χ3v) is 5.79. The lowest BCUT2D eigenvalue weighted by Crippen LogP contribution is -2.15. The van der Waals surface area contributed by atoms with E-state index in [9.17, 15) is 14.9 Å². The number of aryl methyl sites for hydroxylation is 1. The van der Waals surface area contributed by atoms with Gasteiger partial charge in [-0.1, -0.05) is 17.8 Å². The molecule has 3 aromatic rings.